The Hall–Kier alpha value is -2.25. The monoisotopic (exact) mass is 278 g/mol. The van der Waals surface area contributed by atoms with Crippen LogP contribution in [-0.2, 0) is 11.2 Å². The molecular formula is C12H18N6O2. The van der Waals surface area contributed by atoms with Gasteiger partial charge in [0, 0.05) is 6.04 Å². The highest BCUT2D eigenvalue weighted by atomic mass is 16.6. The second kappa shape index (κ2) is 5.81. The van der Waals surface area contributed by atoms with Crippen LogP contribution in [0.2, 0.25) is 0 Å². The lowest BCUT2D eigenvalue weighted by Gasteiger charge is -2.16. The minimum Gasteiger partial charge on any atom is -0.346 e. The number of aryl methyl sites for hydroxylation is 1. The number of carbonyl (C=O) groups excluding carboxylic acids is 1. The number of carbonyl (C=O) groups is 1. The molecule has 0 saturated heterocycles. The fraction of sp³-hybridized carbons (Fsp3) is 0.583. The van der Waals surface area contributed by atoms with E-state index in [4.69, 9.17) is 0 Å². The summed E-state index contributed by atoms with van der Waals surface area (Å²) < 4.78 is 6.49. The normalized spacial score (nSPS) is 12.7. The Morgan fingerprint density at radius 3 is 2.75 bits per heavy atom. The molecule has 8 heteroatoms. The average molecular weight is 278 g/mol. The van der Waals surface area contributed by atoms with E-state index < -0.39 is 0 Å². The van der Waals surface area contributed by atoms with Crippen LogP contribution in [0.1, 0.15) is 50.1 Å². The highest BCUT2D eigenvalue weighted by Gasteiger charge is 2.18. The Bertz CT molecular complexity index is 588. The maximum atomic E-state index is 12.0. The van der Waals surface area contributed by atoms with E-state index in [1.165, 1.54) is 0 Å². The molecule has 8 nitrogen and oxygen atoms in total. The Morgan fingerprint density at radius 1 is 1.40 bits per heavy atom. The van der Waals surface area contributed by atoms with Gasteiger partial charge in [-0.3, -0.25) is 4.79 Å². The third-order valence-electron chi connectivity index (χ3n) is 3.00. The summed E-state index contributed by atoms with van der Waals surface area (Å²) in [4.78, 5) is 12.0. The molecule has 2 aromatic heterocycles. The van der Waals surface area contributed by atoms with E-state index in [1.807, 2.05) is 25.3 Å². The summed E-state index contributed by atoms with van der Waals surface area (Å²) in [6.07, 6.45) is 1.80. The molecule has 2 aromatic rings. The van der Waals surface area contributed by atoms with Crippen molar-refractivity contribution in [2.24, 2.45) is 0 Å². The first-order valence-electron chi connectivity index (χ1n) is 6.45. The van der Waals surface area contributed by atoms with Crippen molar-refractivity contribution in [1.29, 1.82) is 0 Å². The lowest BCUT2D eigenvalue weighted by molar-refractivity contribution is -0.121. The van der Waals surface area contributed by atoms with Gasteiger partial charge < -0.3 is 9.88 Å². The van der Waals surface area contributed by atoms with Crippen LogP contribution in [0.15, 0.2) is 11.0 Å². The quantitative estimate of drug-likeness (QED) is 0.875. The van der Waals surface area contributed by atoms with Gasteiger partial charge in [-0.2, -0.15) is 0 Å². The van der Waals surface area contributed by atoms with Crippen molar-refractivity contribution < 1.29 is 9.42 Å². The van der Waals surface area contributed by atoms with E-state index in [9.17, 15) is 4.79 Å². The van der Waals surface area contributed by atoms with Crippen LogP contribution < -0.4 is 5.32 Å². The predicted octanol–water partition coefficient (Wildman–Crippen LogP) is 0.970. The van der Waals surface area contributed by atoms with Gasteiger partial charge in [0.05, 0.1) is 12.5 Å². The molecule has 20 heavy (non-hydrogen) atoms. The van der Waals surface area contributed by atoms with Crippen LogP contribution in [0.3, 0.4) is 0 Å². The third kappa shape index (κ3) is 3.01. The number of hydrogen-bond donors (Lipinski definition) is 1. The fourth-order valence-electron chi connectivity index (χ4n) is 1.88. The molecule has 0 bridgehead atoms. The van der Waals surface area contributed by atoms with Crippen molar-refractivity contribution >= 4 is 5.91 Å². The molecule has 0 fully saturated rings. The first-order valence-corrected chi connectivity index (χ1v) is 6.45. The molecule has 1 atom stereocenters. The largest absolute Gasteiger partial charge is 0.346 e. The zero-order valence-corrected chi connectivity index (χ0v) is 12.0. The molecule has 0 aliphatic heterocycles. The van der Waals surface area contributed by atoms with Gasteiger partial charge in [0.15, 0.2) is 5.82 Å². The molecule has 0 saturated carbocycles. The van der Waals surface area contributed by atoms with Crippen LogP contribution in [0.5, 0.6) is 0 Å². The Labute approximate surface area is 116 Å². The standard InChI is InChI=1S/C12H18N6O2/c1-7(2)18-6-13-15-12(18)9(4)14-11(19)5-10-8(3)16-20-17-10/h6-7,9H,5H2,1-4H3,(H,14,19)/t9-/m1/s1. The van der Waals surface area contributed by atoms with Crippen LogP contribution in [0, 0.1) is 6.92 Å². The molecule has 0 aliphatic rings. The second-order valence-corrected chi connectivity index (χ2v) is 4.95. The van der Waals surface area contributed by atoms with Gasteiger partial charge in [-0.15, -0.1) is 10.2 Å². The van der Waals surface area contributed by atoms with E-state index >= 15 is 0 Å². The number of rotatable bonds is 5. The van der Waals surface area contributed by atoms with E-state index in [0.717, 1.165) is 5.82 Å². The number of amides is 1. The molecule has 0 aromatic carbocycles. The first-order chi connectivity index (χ1) is 9.49. The smallest absolute Gasteiger partial charge is 0.226 e. The van der Waals surface area contributed by atoms with E-state index in [1.54, 1.807) is 13.3 Å². The zero-order valence-electron chi connectivity index (χ0n) is 12.0. The molecule has 108 valence electrons. The molecule has 1 N–H and O–H groups in total. The molecule has 2 rings (SSSR count). The minimum atomic E-state index is -0.229. The summed E-state index contributed by atoms with van der Waals surface area (Å²) in [7, 11) is 0. The summed E-state index contributed by atoms with van der Waals surface area (Å²) in [5, 5.41) is 18.1. The Morgan fingerprint density at radius 2 is 2.15 bits per heavy atom. The van der Waals surface area contributed by atoms with Gasteiger partial charge in [0.2, 0.25) is 5.91 Å². The Kier molecular flexibility index (Phi) is 4.11. The second-order valence-electron chi connectivity index (χ2n) is 4.95. The highest BCUT2D eigenvalue weighted by Crippen LogP contribution is 2.14. The molecule has 1 amide bonds. The Balaban J connectivity index is 2.00. The fourth-order valence-corrected chi connectivity index (χ4v) is 1.88. The van der Waals surface area contributed by atoms with E-state index in [2.05, 4.69) is 30.5 Å². The van der Waals surface area contributed by atoms with Gasteiger partial charge in [0.25, 0.3) is 0 Å². The van der Waals surface area contributed by atoms with Crippen molar-refractivity contribution in [2.75, 3.05) is 0 Å². The van der Waals surface area contributed by atoms with Crippen molar-refractivity contribution in [3.63, 3.8) is 0 Å². The van der Waals surface area contributed by atoms with Gasteiger partial charge in [-0.25, -0.2) is 4.63 Å². The van der Waals surface area contributed by atoms with Gasteiger partial charge in [0.1, 0.15) is 17.7 Å². The van der Waals surface area contributed by atoms with Crippen LogP contribution in [-0.4, -0.2) is 31.0 Å². The highest BCUT2D eigenvalue weighted by molar-refractivity contribution is 5.78. The minimum absolute atomic E-state index is 0.134. The average Bonchev–Trinajstić information content (AvgIpc) is 2.99. The number of nitrogens with zero attached hydrogens (tertiary/aromatic N) is 5. The molecule has 0 spiro atoms. The summed E-state index contributed by atoms with van der Waals surface area (Å²) >= 11 is 0. The van der Waals surface area contributed by atoms with E-state index in [-0.39, 0.29) is 24.4 Å². The first kappa shape index (κ1) is 14.2. The van der Waals surface area contributed by atoms with Crippen molar-refractivity contribution in [2.45, 2.75) is 46.2 Å². The lowest BCUT2D eigenvalue weighted by Crippen LogP contribution is -2.30. The van der Waals surface area contributed by atoms with E-state index in [0.29, 0.717) is 11.4 Å². The summed E-state index contributed by atoms with van der Waals surface area (Å²) in [5.74, 6) is 0.568. The topological polar surface area (TPSA) is 98.7 Å². The molecular weight excluding hydrogens is 260 g/mol. The number of aromatic nitrogens is 5. The van der Waals surface area contributed by atoms with Gasteiger partial charge >= 0.3 is 0 Å². The zero-order chi connectivity index (χ0) is 14.7. The molecule has 0 radical (unpaired) electrons. The predicted molar refractivity (Wildman–Crippen MR) is 69.7 cm³/mol. The summed E-state index contributed by atoms with van der Waals surface area (Å²) in [5.41, 5.74) is 1.16. The molecule has 0 unspecified atom stereocenters. The van der Waals surface area contributed by atoms with Crippen LogP contribution >= 0.6 is 0 Å². The van der Waals surface area contributed by atoms with Gasteiger partial charge in [-0.1, -0.05) is 10.3 Å². The maximum Gasteiger partial charge on any atom is 0.226 e. The summed E-state index contributed by atoms with van der Waals surface area (Å²) in [6, 6.07) is 0.00824. The van der Waals surface area contributed by atoms with Crippen molar-refractivity contribution in [3.05, 3.63) is 23.5 Å². The molecule has 0 aliphatic carbocycles. The lowest BCUT2D eigenvalue weighted by atomic mass is 10.2. The summed E-state index contributed by atoms with van der Waals surface area (Å²) in [6.45, 7) is 7.68. The van der Waals surface area contributed by atoms with Gasteiger partial charge in [-0.05, 0) is 27.7 Å². The maximum absolute atomic E-state index is 12.0. The number of hydrogen-bond acceptors (Lipinski definition) is 6. The van der Waals surface area contributed by atoms with Crippen LogP contribution in [0.4, 0.5) is 0 Å². The van der Waals surface area contributed by atoms with Crippen molar-refractivity contribution in [1.82, 2.24) is 30.4 Å². The SMILES string of the molecule is Cc1nonc1CC(=O)N[C@H](C)c1nncn1C(C)C. The van der Waals surface area contributed by atoms with Crippen LogP contribution in [0.25, 0.3) is 0 Å². The van der Waals surface area contributed by atoms with Crippen molar-refractivity contribution in [3.8, 4) is 0 Å². The molecule has 2 heterocycles. The third-order valence-corrected chi connectivity index (χ3v) is 3.00. The number of nitrogens with one attached hydrogen (secondary N) is 1.